The minimum atomic E-state index is -0.671. The molecule has 0 saturated carbocycles. The van der Waals surface area contributed by atoms with Gasteiger partial charge in [-0.05, 0) is 37.7 Å². The number of amides is 1. The zero-order valence-electron chi connectivity index (χ0n) is 15.5. The van der Waals surface area contributed by atoms with Crippen LogP contribution in [0.15, 0.2) is 47.4 Å². The molecule has 1 aliphatic rings. The molecule has 1 fully saturated rings. The van der Waals surface area contributed by atoms with Crippen LogP contribution >= 0.6 is 11.3 Å². The average Bonchev–Trinajstić information content (AvgIpc) is 3.27. The molecule has 1 atom stereocenters. The maximum atomic E-state index is 12.8. The molecule has 0 radical (unpaired) electrons. The molecule has 3 rings (SSSR count). The number of ketones is 1. The number of ether oxygens (including phenoxy) is 1. The highest BCUT2D eigenvalue weighted by molar-refractivity contribution is 7.10. The second-order valence-corrected chi connectivity index (χ2v) is 7.49. The zero-order chi connectivity index (χ0) is 19.6. The fourth-order valence-corrected chi connectivity index (χ4v) is 3.99. The molecule has 142 valence electrons. The number of Topliss-reactive ketones (excluding diaryl/α,β-unsaturated/α-hetero) is 1. The lowest BCUT2D eigenvalue weighted by atomic mass is 9.99. The number of hydrogen-bond donors (Lipinski definition) is 1. The van der Waals surface area contributed by atoms with Crippen molar-refractivity contribution < 1.29 is 19.4 Å². The Morgan fingerprint density at radius 3 is 2.59 bits per heavy atom. The van der Waals surface area contributed by atoms with Crippen LogP contribution in [0, 0.1) is 0 Å². The molecule has 0 bridgehead atoms. The van der Waals surface area contributed by atoms with E-state index in [2.05, 4.69) is 0 Å². The Labute approximate surface area is 162 Å². The van der Waals surface area contributed by atoms with Gasteiger partial charge in [-0.15, -0.1) is 11.3 Å². The van der Waals surface area contributed by atoms with Crippen LogP contribution in [0.2, 0.25) is 0 Å². The molecule has 0 aliphatic carbocycles. The predicted molar refractivity (Wildman–Crippen MR) is 105 cm³/mol. The molecule has 0 spiro atoms. The third-order valence-corrected chi connectivity index (χ3v) is 5.43. The van der Waals surface area contributed by atoms with Gasteiger partial charge in [0, 0.05) is 18.0 Å². The van der Waals surface area contributed by atoms with Crippen molar-refractivity contribution in [1.29, 1.82) is 0 Å². The standard InChI is InChI=1S/C20H22N2O4S/c1-21(2)10-11-22-17(15-9-6-12-27-15)16(19(24)20(22)25)18(23)13-7-4-5-8-14(13)26-3/h4-9,12,17,23H,10-11H2,1-3H3/b18-16-. The van der Waals surface area contributed by atoms with Crippen molar-refractivity contribution in [3.8, 4) is 5.75 Å². The van der Waals surface area contributed by atoms with Crippen LogP contribution in [0.3, 0.4) is 0 Å². The van der Waals surface area contributed by atoms with Crippen LogP contribution in [0.4, 0.5) is 0 Å². The maximum absolute atomic E-state index is 12.8. The Balaban J connectivity index is 2.14. The number of para-hydroxylation sites is 1. The third kappa shape index (κ3) is 3.61. The van der Waals surface area contributed by atoms with Crippen molar-refractivity contribution in [1.82, 2.24) is 9.80 Å². The second-order valence-electron chi connectivity index (χ2n) is 6.51. The number of carbonyl (C=O) groups excluding carboxylic acids is 2. The summed E-state index contributed by atoms with van der Waals surface area (Å²) in [6.07, 6.45) is 0. The van der Waals surface area contributed by atoms with E-state index in [4.69, 9.17) is 4.74 Å². The SMILES string of the molecule is COc1ccccc1/C(O)=C1/C(=O)C(=O)N(CCN(C)C)C1c1cccs1. The van der Waals surface area contributed by atoms with E-state index in [0.29, 0.717) is 24.4 Å². The van der Waals surface area contributed by atoms with E-state index in [0.717, 1.165) is 4.88 Å². The van der Waals surface area contributed by atoms with E-state index < -0.39 is 17.7 Å². The first-order valence-electron chi connectivity index (χ1n) is 8.55. The number of likely N-dealkylation sites (tertiary alicyclic amines) is 1. The Kier molecular flexibility index (Phi) is 5.62. The van der Waals surface area contributed by atoms with Gasteiger partial charge in [-0.1, -0.05) is 18.2 Å². The molecule has 1 unspecified atom stereocenters. The number of thiophene rings is 1. The summed E-state index contributed by atoms with van der Waals surface area (Å²) >= 11 is 1.45. The lowest BCUT2D eigenvalue weighted by molar-refractivity contribution is -0.140. The fourth-order valence-electron chi connectivity index (χ4n) is 3.15. The molecule has 7 heteroatoms. The van der Waals surface area contributed by atoms with E-state index in [1.165, 1.54) is 23.3 Å². The molecule has 1 amide bonds. The summed E-state index contributed by atoms with van der Waals surface area (Å²) < 4.78 is 5.31. The van der Waals surface area contributed by atoms with Gasteiger partial charge in [0.1, 0.15) is 11.5 Å². The van der Waals surface area contributed by atoms with Crippen LogP contribution in [-0.2, 0) is 9.59 Å². The molecule has 1 aliphatic heterocycles. The van der Waals surface area contributed by atoms with Gasteiger partial charge in [0.25, 0.3) is 11.7 Å². The molecule has 1 aromatic carbocycles. The van der Waals surface area contributed by atoms with Gasteiger partial charge < -0.3 is 19.6 Å². The summed E-state index contributed by atoms with van der Waals surface area (Å²) in [7, 11) is 5.32. The molecule has 1 aromatic heterocycles. The van der Waals surface area contributed by atoms with Crippen molar-refractivity contribution in [3.05, 3.63) is 57.8 Å². The molecule has 1 saturated heterocycles. The Hall–Kier alpha value is -2.64. The lowest BCUT2D eigenvalue weighted by Crippen LogP contribution is -2.35. The average molecular weight is 386 g/mol. The van der Waals surface area contributed by atoms with Gasteiger partial charge >= 0.3 is 0 Å². The normalized spacial score (nSPS) is 19.1. The minimum Gasteiger partial charge on any atom is -0.507 e. The Morgan fingerprint density at radius 2 is 1.96 bits per heavy atom. The van der Waals surface area contributed by atoms with Crippen LogP contribution in [0.5, 0.6) is 5.75 Å². The van der Waals surface area contributed by atoms with E-state index in [-0.39, 0.29) is 11.3 Å². The van der Waals surface area contributed by atoms with E-state index in [1.54, 1.807) is 24.3 Å². The first-order valence-corrected chi connectivity index (χ1v) is 9.43. The maximum Gasteiger partial charge on any atom is 0.295 e. The summed E-state index contributed by atoms with van der Waals surface area (Å²) in [5.74, 6) is -1.03. The molecular formula is C20H22N2O4S. The highest BCUT2D eigenvalue weighted by Gasteiger charge is 2.46. The van der Waals surface area contributed by atoms with Gasteiger partial charge in [-0.2, -0.15) is 0 Å². The van der Waals surface area contributed by atoms with Gasteiger partial charge in [-0.3, -0.25) is 9.59 Å². The highest BCUT2D eigenvalue weighted by atomic mass is 32.1. The van der Waals surface area contributed by atoms with Crippen molar-refractivity contribution in [2.75, 3.05) is 34.3 Å². The molecule has 6 nitrogen and oxygen atoms in total. The lowest BCUT2D eigenvalue weighted by Gasteiger charge is -2.25. The van der Waals surface area contributed by atoms with Crippen molar-refractivity contribution in [2.24, 2.45) is 0 Å². The summed E-state index contributed by atoms with van der Waals surface area (Å²) in [6.45, 7) is 1.01. The molecule has 1 N–H and O–H groups in total. The molecule has 2 aromatic rings. The first-order chi connectivity index (χ1) is 13.0. The third-order valence-electron chi connectivity index (χ3n) is 4.50. The summed E-state index contributed by atoms with van der Waals surface area (Å²) in [5.41, 5.74) is 0.498. The smallest absolute Gasteiger partial charge is 0.295 e. The monoisotopic (exact) mass is 386 g/mol. The number of rotatable bonds is 6. The largest absolute Gasteiger partial charge is 0.507 e. The summed E-state index contributed by atoms with van der Waals surface area (Å²) in [4.78, 5) is 29.9. The van der Waals surface area contributed by atoms with Gasteiger partial charge in [0.2, 0.25) is 0 Å². The van der Waals surface area contributed by atoms with E-state index in [9.17, 15) is 14.7 Å². The number of hydrogen-bond acceptors (Lipinski definition) is 6. The van der Waals surface area contributed by atoms with Crippen LogP contribution < -0.4 is 4.74 Å². The van der Waals surface area contributed by atoms with Gasteiger partial charge in [-0.25, -0.2) is 0 Å². The first kappa shape index (κ1) is 19.1. The number of likely N-dealkylation sites (N-methyl/N-ethyl adjacent to an activating group) is 1. The van der Waals surface area contributed by atoms with Crippen LogP contribution in [0.1, 0.15) is 16.5 Å². The number of aliphatic hydroxyl groups excluding tert-OH is 1. The van der Waals surface area contributed by atoms with Crippen LogP contribution in [0.25, 0.3) is 5.76 Å². The number of methoxy groups -OCH3 is 1. The van der Waals surface area contributed by atoms with E-state index >= 15 is 0 Å². The van der Waals surface area contributed by atoms with Crippen molar-refractivity contribution in [3.63, 3.8) is 0 Å². The number of benzene rings is 1. The molecule has 2 heterocycles. The second kappa shape index (κ2) is 7.94. The van der Waals surface area contributed by atoms with Crippen LogP contribution in [-0.4, -0.2) is 60.9 Å². The fraction of sp³-hybridized carbons (Fsp3) is 0.300. The number of nitrogens with zero attached hydrogens (tertiary/aromatic N) is 2. The predicted octanol–water partition coefficient (Wildman–Crippen LogP) is 2.74. The van der Waals surface area contributed by atoms with Gasteiger partial charge in [0.05, 0.1) is 24.3 Å². The Morgan fingerprint density at radius 1 is 1.22 bits per heavy atom. The quantitative estimate of drug-likeness (QED) is 0.470. The number of aliphatic hydroxyl groups is 1. The summed E-state index contributed by atoms with van der Waals surface area (Å²) in [6, 6.07) is 10.1. The Bertz CT molecular complexity index is 874. The highest BCUT2D eigenvalue weighted by Crippen LogP contribution is 2.42. The van der Waals surface area contributed by atoms with Crippen molar-refractivity contribution >= 4 is 28.8 Å². The van der Waals surface area contributed by atoms with Gasteiger partial charge in [0.15, 0.2) is 0 Å². The minimum absolute atomic E-state index is 0.103. The zero-order valence-corrected chi connectivity index (χ0v) is 16.3. The van der Waals surface area contributed by atoms with E-state index in [1.807, 2.05) is 36.5 Å². The topological polar surface area (TPSA) is 70.1 Å². The molecular weight excluding hydrogens is 364 g/mol. The molecule has 27 heavy (non-hydrogen) atoms. The summed E-state index contributed by atoms with van der Waals surface area (Å²) in [5, 5.41) is 12.9. The van der Waals surface area contributed by atoms with Crippen molar-refractivity contribution in [2.45, 2.75) is 6.04 Å². The number of carbonyl (C=O) groups is 2.